The van der Waals surface area contributed by atoms with Gasteiger partial charge in [-0.05, 0) is 37.5 Å². The molecule has 1 saturated carbocycles. The standard InChI is InChI=1S/C15H21BrN2O/c1-11(17)14(19)18-10-15(8-2-3-9-15)12-4-6-13(16)7-5-12/h4-7,11H,2-3,8-10,17H2,1H3,(H,18,19)/t11-/m0/s1. The summed E-state index contributed by atoms with van der Waals surface area (Å²) in [5.74, 6) is -0.0663. The van der Waals surface area contributed by atoms with E-state index >= 15 is 0 Å². The molecule has 2 rings (SSSR count). The number of amides is 1. The highest BCUT2D eigenvalue weighted by Crippen LogP contribution is 2.40. The molecule has 1 atom stereocenters. The number of carbonyl (C=O) groups excluding carboxylic acids is 1. The van der Waals surface area contributed by atoms with Crippen LogP contribution in [0, 0.1) is 0 Å². The van der Waals surface area contributed by atoms with Gasteiger partial charge in [-0.25, -0.2) is 0 Å². The molecule has 0 aromatic heterocycles. The van der Waals surface area contributed by atoms with Gasteiger partial charge in [-0.1, -0.05) is 40.9 Å². The molecule has 3 N–H and O–H groups in total. The molecule has 0 spiro atoms. The maximum absolute atomic E-state index is 11.7. The lowest BCUT2D eigenvalue weighted by Gasteiger charge is -2.30. The molecule has 0 heterocycles. The summed E-state index contributed by atoms with van der Waals surface area (Å²) in [5.41, 5.74) is 7.01. The highest BCUT2D eigenvalue weighted by atomic mass is 79.9. The summed E-state index contributed by atoms with van der Waals surface area (Å²) in [5, 5.41) is 3.00. The number of halogens is 1. The molecule has 1 amide bonds. The van der Waals surface area contributed by atoms with Crippen molar-refractivity contribution < 1.29 is 4.79 Å². The van der Waals surface area contributed by atoms with E-state index in [0.29, 0.717) is 6.54 Å². The van der Waals surface area contributed by atoms with E-state index in [1.54, 1.807) is 6.92 Å². The number of nitrogens with one attached hydrogen (secondary N) is 1. The van der Waals surface area contributed by atoms with Gasteiger partial charge in [0.2, 0.25) is 5.91 Å². The number of nitrogens with two attached hydrogens (primary N) is 1. The quantitative estimate of drug-likeness (QED) is 0.894. The van der Waals surface area contributed by atoms with Crippen LogP contribution in [0.1, 0.15) is 38.2 Å². The molecule has 104 valence electrons. The summed E-state index contributed by atoms with van der Waals surface area (Å²) in [6.45, 7) is 2.41. The summed E-state index contributed by atoms with van der Waals surface area (Å²) < 4.78 is 1.09. The second-order valence-corrected chi connectivity index (χ2v) is 6.42. The number of rotatable bonds is 4. The van der Waals surface area contributed by atoms with E-state index in [1.807, 2.05) is 0 Å². The fourth-order valence-corrected chi connectivity index (χ4v) is 3.10. The second kappa shape index (κ2) is 6.06. The molecule has 4 heteroatoms. The van der Waals surface area contributed by atoms with Crippen LogP contribution in [0.3, 0.4) is 0 Å². The Morgan fingerprint density at radius 1 is 1.37 bits per heavy atom. The van der Waals surface area contributed by atoms with Gasteiger partial charge in [-0.3, -0.25) is 4.79 Å². The fraction of sp³-hybridized carbons (Fsp3) is 0.533. The molecule has 0 saturated heterocycles. The van der Waals surface area contributed by atoms with Crippen molar-refractivity contribution in [3.05, 3.63) is 34.3 Å². The predicted octanol–water partition coefficient (Wildman–Crippen LogP) is 2.72. The summed E-state index contributed by atoms with van der Waals surface area (Å²) in [6.07, 6.45) is 4.72. The first-order valence-corrected chi connectivity index (χ1v) is 7.62. The molecule has 1 aliphatic rings. The molecule has 0 radical (unpaired) electrons. The van der Waals surface area contributed by atoms with Crippen molar-refractivity contribution in [2.75, 3.05) is 6.54 Å². The predicted molar refractivity (Wildman–Crippen MR) is 80.9 cm³/mol. The van der Waals surface area contributed by atoms with E-state index < -0.39 is 6.04 Å². The van der Waals surface area contributed by atoms with Crippen molar-refractivity contribution in [1.82, 2.24) is 5.32 Å². The molecule has 1 fully saturated rings. The molecule has 19 heavy (non-hydrogen) atoms. The number of benzene rings is 1. The minimum absolute atomic E-state index is 0.0663. The van der Waals surface area contributed by atoms with Crippen LogP contribution in [0.4, 0.5) is 0 Å². The lowest BCUT2D eigenvalue weighted by molar-refractivity contribution is -0.122. The van der Waals surface area contributed by atoms with Crippen LogP contribution < -0.4 is 11.1 Å². The third kappa shape index (κ3) is 3.37. The number of hydrogen-bond acceptors (Lipinski definition) is 2. The van der Waals surface area contributed by atoms with Crippen LogP contribution in [0.2, 0.25) is 0 Å². The topological polar surface area (TPSA) is 55.1 Å². The zero-order chi connectivity index (χ0) is 13.9. The molecule has 0 bridgehead atoms. The number of carbonyl (C=O) groups is 1. The van der Waals surface area contributed by atoms with Gasteiger partial charge in [0.05, 0.1) is 6.04 Å². The fourth-order valence-electron chi connectivity index (χ4n) is 2.84. The van der Waals surface area contributed by atoms with Gasteiger partial charge in [-0.15, -0.1) is 0 Å². The molecule has 1 aromatic carbocycles. The lowest BCUT2D eigenvalue weighted by atomic mass is 9.79. The van der Waals surface area contributed by atoms with Crippen molar-refractivity contribution in [2.45, 2.75) is 44.1 Å². The molecule has 0 unspecified atom stereocenters. The Balaban J connectivity index is 2.14. The normalized spacial score (nSPS) is 19.1. The van der Waals surface area contributed by atoms with Crippen molar-refractivity contribution in [3.8, 4) is 0 Å². The summed E-state index contributed by atoms with van der Waals surface area (Å²) in [4.78, 5) is 11.7. The molecule has 0 aliphatic heterocycles. The van der Waals surface area contributed by atoms with E-state index in [1.165, 1.54) is 18.4 Å². The maximum atomic E-state index is 11.7. The van der Waals surface area contributed by atoms with E-state index in [2.05, 4.69) is 45.5 Å². The van der Waals surface area contributed by atoms with Gasteiger partial charge < -0.3 is 11.1 Å². The minimum atomic E-state index is -0.441. The Morgan fingerprint density at radius 3 is 2.47 bits per heavy atom. The Bertz CT molecular complexity index is 436. The average Bonchev–Trinajstić information content (AvgIpc) is 2.86. The smallest absolute Gasteiger partial charge is 0.236 e. The molecular formula is C15H21BrN2O. The van der Waals surface area contributed by atoms with Crippen molar-refractivity contribution in [3.63, 3.8) is 0 Å². The first-order chi connectivity index (χ1) is 9.03. The van der Waals surface area contributed by atoms with Crippen molar-refractivity contribution in [1.29, 1.82) is 0 Å². The maximum Gasteiger partial charge on any atom is 0.236 e. The summed E-state index contributed by atoms with van der Waals surface area (Å²) in [7, 11) is 0. The van der Waals surface area contributed by atoms with Crippen LogP contribution in [0.25, 0.3) is 0 Å². The van der Waals surface area contributed by atoms with Crippen LogP contribution in [0.15, 0.2) is 28.7 Å². The second-order valence-electron chi connectivity index (χ2n) is 5.50. The van der Waals surface area contributed by atoms with Gasteiger partial charge in [-0.2, -0.15) is 0 Å². The van der Waals surface area contributed by atoms with Crippen LogP contribution in [-0.2, 0) is 10.2 Å². The number of hydrogen-bond donors (Lipinski definition) is 2. The highest BCUT2D eigenvalue weighted by Gasteiger charge is 2.35. The zero-order valence-corrected chi connectivity index (χ0v) is 12.9. The first-order valence-electron chi connectivity index (χ1n) is 6.83. The Labute approximate surface area is 123 Å². The minimum Gasteiger partial charge on any atom is -0.354 e. The highest BCUT2D eigenvalue weighted by molar-refractivity contribution is 9.10. The molecular weight excluding hydrogens is 304 g/mol. The largest absolute Gasteiger partial charge is 0.354 e. The molecule has 3 nitrogen and oxygen atoms in total. The van der Waals surface area contributed by atoms with E-state index in [9.17, 15) is 4.79 Å². The van der Waals surface area contributed by atoms with Gasteiger partial charge in [0.1, 0.15) is 0 Å². The molecule has 1 aromatic rings. The van der Waals surface area contributed by atoms with Gasteiger partial charge in [0, 0.05) is 16.4 Å². The van der Waals surface area contributed by atoms with Crippen LogP contribution in [0.5, 0.6) is 0 Å². The SMILES string of the molecule is C[C@H](N)C(=O)NCC1(c2ccc(Br)cc2)CCCC1. The van der Waals surface area contributed by atoms with Gasteiger partial charge in [0.25, 0.3) is 0 Å². The van der Waals surface area contributed by atoms with E-state index in [-0.39, 0.29) is 11.3 Å². The Morgan fingerprint density at radius 2 is 1.95 bits per heavy atom. The van der Waals surface area contributed by atoms with Gasteiger partial charge >= 0.3 is 0 Å². The van der Waals surface area contributed by atoms with Crippen molar-refractivity contribution >= 4 is 21.8 Å². The Hall–Kier alpha value is -0.870. The van der Waals surface area contributed by atoms with Gasteiger partial charge in [0.15, 0.2) is 0 Å². The van der Waals surface area contributed by atoms with E-state index in [0.717, 1.165) is 17.3 Å². The van der Waals surface area contributed by atoms with E-state index in [4.69, 9.17) is 5.73 Å². The molecule has 1 aliphatic carbocycles. The van der Waals surface area contributed by atoms with Crippen molar-refractivity contribution in [2.24, 2.45) is 5.73 Å². The monoisotopic (exact) mass is 324 g/mol. The third-order valence-electron chi connectivity index (χ3n) is 4.03. The zero-order valence-electron chi connectivity index (χ0n) is 11.3. The summed E-state index contributed by atoms with van der Waals surface area (Å²) in [6, 6.07) is 8.02. The Kier molecular flexibility index (Phi) is 4.63. The van der Waals surface area contributed by atoms with Crippen LogP contribution in [-0.4, -0.2) is 18.5 Å². The van der Waals surface area contributed by atoms with Crippen LogP contribution >= 0.6 is 15.9 Å². The third-order valence-corrected chi connectivity index (χ3v) is 4.56. The first kappa shape index (κ1) is 14.5. The average molecular weight is 325 g/mol. The lowest BCUT2D eigenvalue weighted by Crippen LogP contribution is -2.45. The summed E-state index contributed by atoms with van der Waals surface area (Å²) >= 11 is 3.47.